The van der Waals surface area contributed by atoms with Gasteiger partial charge in [0.2, 0.25) is 0 Å². The highest BCUT2D eigenvalue weighted by atomic mass is 35.5. The molecule has 0 saturated carbocycles. The Bertz CT molecular complexity index is 72.9. The highest BCUT2D eigenvalue weighted by Crippen LogP contribution is 2.08. The van der Waals surface area contributed by atoms with E-state index in [0.717, 1.165) is 0 Å². The second-order valence-electron chi connectivity index (χ2n) is 2.16. The van der Waals surface area contributed by atoms with Crippen LogP contribution in [0.5, 0.6) is 0 Å². The first-order valence-electron chi connectivity index (χ1n) is 2.79. The van der Waals surface area contributed by atoms with Crippen molar-refractivity contribution in [2.45, 2.75) is 13.8 Å². The van der Waals surface area contributed by atoms with E-state index in [0.29, 0.717) is 17.7 Å². The van der Waals surface area contributed by atoms with E-state index in [2.05, 4.69) is 0 Å². The lowest BCUT2D eigenvalue weighted by Gasteiger charge is -2.09. The monoisotopic (exact) mass is 133 g/mol. The molecule has 1 nitrogen and oxygen atoms in total. The molecular weight excluding hydrogens is 122 g/mol. The van der Waals surface area contributed by atoms with Crippen molar-refractivity contribution in [1.82, 2.24) is 0 Å². The predicted octanol–water partition coefficient (Wildman–Crippen LogP) is 2.15. The Balaban J connectivity index is 3.44. The molecule has 2 unspecified atom stereocenters. The number of rotatable bonds is 3. The van der Waals surface area contributed by atoms with E-state index in [-0.39, 0.29) is 0 Å². The summed E-state index contributed by atoms with van der Waals surface area (Å²) < 4.78 is 0. The fraction of sp³-hybridized carbons (Fsp3) is 0.833. The maximum atomic E-state index is 6.86. The van der Waals surface area contributed by atoms with Gasteiger partial charge in [-0.2, -0.15) is 0 Å². The third-order valence-electron chi connectivity index (χ3n) is 1.40. The number of halogens is 1. The molecule has 0 aliphatic heterocycles. The third kappa shape index (κ3) is 2.31. The van der Waals surface area contributed by atoms with Gasteiger partial charge in [0.05, 0.1) is 0 Å². The van der Waals surface area contributed by atoms with Crippen molar-refractivity contribution < 1.29 is 0 Å². The standard InChI is InChI=1S/C6H12ClN/c1-5(3-7)6(2)4-8/h4-6,8H,3H2,1-2H3. The van der Waals surface area contributed by atoms with Crippen molar-refractivity contribution in [2.75, 3.05) is 5.88 Å². The summed E-state index contributed by atoms with van der Waals surface area (Å²) in [4.78, 5) is 0. The van der Waals surface area contributed by atoms with Crippen LogP contribution in [0.3, 0.4) is 0 Å². The summed E-state index contributed by atoms with van der Waals surface area (Å²) in [6.45, 7) is 4.04. The lowest BCUT2D eigenvalue weighted by atomic mass is 10.00. The SMILES string of the molecule is CC(C=N)C(C)CCl. The van der Waals surface area contributed by atoms with Crippen molar-refractivity contribution in [3.05, 3.63) is 0 Å². The second-order valence-corrected chi connectivity index (χ2v) is 2.47. The lowest BCUT2D eigenvalue weighted by Crippen LogP contribution is -2.09. The number of alkyl halides is 1. The van der Waals surface area contributed by atoms with Gasteiger partial charge in [-0.05, 0) is 18.1 Å². The average Bonchev–Trinajstić information content (AvgIpc) is 1.84. The first-order valence-corrected chi connectivity index (χ1v) is 3.32. The van der Waals surface area contributed by atoms with Crippen molar-refractivity contribution in [3.63, 3.8) is 0 Å². The molecule has 0 saturated heterocycles. The molecule has 2 atom stereocenters. The van der Waals surface area contributed by atoms with E-state index in [1.54, 1.807) is 0 Å². The molecule has 0 aliphatic rings. The van der Waals surface area contributed by atoms with Gasteiger partial charge < -0.3 is 5.41 Å². The van der Waals surface area contributed by atoms with Crippen LogP contribution in [0.15, 0.2) is 0 Å². The van der Waals surface area contributed by atoms with Crippen molar-refractivity contribution in [1.29, 1.82) is 5.41 Å². The average molecular weight is 134 g/mol. The molecule has 0 heterocycles. The molecular formula is C6H12ClN. The largest absolute Gasteiger partial charge is 0.313 e. The van der Waals surface area contributed by atoms with Crippen LogP contribution in [0.2, 0.25) is 0 Å². The van der Waals surface area contributed by atoms with Gasteiger partial charge in [-0.15, -0.1) is 11.6 Å². The molecule has 0 spiro atoms. The van der Waals surface area contributed by atoms with Gasteiger partial charge in [-0.3, -0.25) is 0 Å². The van der Waals surface area contributed by atoms with Gasteiger partial charge in [0.1, 0.15) is 0 Å². The zero-order chi connectivity index (χ0) is 6.57. The highest BCUT2D eigenvalue weighted by Gasteiger charge is 2.05. The van der Waals surface area contributed by atoms with Gasteiger partial charge in [0.25, 0.3) is 0 Å². The maximum absolute atomic E-state index is 6.86. The van der Waals surface area contributed by atoms with Crippen molar-refractivity contribution >= 4 is 17.8 Å². The summed E-state index contributed by atoms with van der Waals surface area (Å²) in [7, 11) is 0. The summed E-state index contributed by atoms with van der Waals surface area (Å²) in [6.07, 6.45) is 1.44. The molecule has 0 aromatic carbocycles. The summed E-state index contributed by atoms with van der Waals surface area (Å²) in [5.74, 6) is 1.41. The van der Waals surface area contributed by atoms with Crippen LogP contribution in [-0.4, -0.2) is 12.1 Å². The van der Waals surface area contributed by atoms with Gasteiger partial charge in [-0.1, -0.05) is 13.8 Å². The molecule has 0 radical (unpaired) electrons. The normalized spacial score (nSPS) is 17.4. The van der Waals surface area contributed by atoms with E-state index in [9.17, 15) is 0 Å². The van der Waals surface area contributed by atoms with Crippen LogP contribution in [0.1, 0.15) is 13.8 Å². The van der Waals surface area contributed by atoms with Crippen LogP contribution in [0.4, 0.5) is 0 Å². The first kappa shape index (κ1) is 7.96. The van der Waals surface area contributed by atoms with Crippen LogP contribution in [-0.2, 0) is 0 Å². The summed E-state index contributed by atoms with van der Waals surface area (Å²) in [5.41, 5.74) is 0. The zero-order valence-corrected chi connectivity index (χ0v) is 6.07. The molecule has 48 valence electrons. The lowest BCUT2D eigenvalue weighted by molar-refractivity contribution is 0.545. The predicted molar refractivity (Wildman–Crippen MR) is 37.8 cm³/mol. The number of hydrogen-bond acceptors (Lipinski definition) is 1. The van der Waals surface area contributed by atoms with E-state index >= 15 is 0 Å². The summed E-state index contributed by atoms with van der Waals surface area (Å²) >= 11 is 5.52. The second kappa shape index (κ2) is 3.90. The smallest absolute Gasteiger partial charge is 0.0255 e. The zero-order valence-electron chi connectivity index (χ0n) is 5.32. The quantitative estimate of drug-likeness (QED) is 0.451. The topological polar surface area (TPSA) is 23.9 Å². The Morgan fingerprint density at radius 1 is 1.62 bits per heavy atom. The third-order valence-corrected chi connectivity index (χ3v) is 1.89. The van der Waals surface area contributed by atoms with E-state index in [1.165, 1.54) is 6.21 Å². The summed E-state index contributed by atoms with van der Waals surface area (Å²) in [6, 6.07) is 0. The molecule has 1 N–H and O–H groups in total. The van der Waals surface area contributed by atoms with Crippen LogP contribution >= 0.6 is 11.6 Å². The molecule has 0 amide bonds. The molecule has 2 heteroatoms. The van der Waals surface area contributed by atoms with E-state index in [1.807, 2.05) is 13.8 Å². The Labute approximate surface area is 55.6 Å². The van der Waals surface area contributed by atoms with Gasteiger partial charge >= 0.3 is 0 Å². The highest BCUT2D eigenvalue weighted by molar-refractivity contribution is 6.18. The van der Waals surface area contributed by atoms with Crippen molar-refractivity contribution in [2.24, 2.45) is 11.8 Å². The van der Waals surface area contributed by atoms with Gasteiger partial charge in [-0.25, -0.2) is 0 Å². The van der Waals surface area contributed by atoms with E-state index < -0.39 is 0 Å². The fourth-order valence-electron chi connectivity index (χ4n) is 0.305. The fourth-order valence-corrected chi connectivity index (χ4v) is 0.586. The molecule has 0 aromatic rings. The number of hydrogen-bond donors (Lipinski definition) is 1. The molecule has 0 rings (SSSR count). The summed E-state index contributed by atoms with van der Waals surface area (Å²) in [5, 5.41) is 6.86. The Kier molecular flexibility index (Phi) is 3.88. The molecule has 8 heavy (non-hydrogen) atoms. The van der Waals surface area contributed by atoms with E-state index in [4.69, 9.17) is 17.0 Å². The maximum Gasteiger partial charge on any atom is 0.0255 e. The molecule has 0 bridgehead atoms. The minimum absolute atomic E-state index is 0.326. The molecule has 0 aliphatic carbocycles. The van der Waals surface area contributed by atoms with Crippen molar-refractivity contribution in [3.8, 4) is 0 Å². The Morgan fingerprint density at radius 3 is 2.25 bits per heavy atom. The molecule has 0 fully saturated rings. The first-order chi connectivity index (χ1) is 3.72. The van der Waals surface area contributed by atoms with Gasteiger partial charge in [0, 0.05) is 5.88 Å². The van der Waals surface area contributed by atoms with Gasteiger partial charge in [0.15, 0.2) is 0 Å². The Morgan fingerprint density at radius 2 is 2.12 bits per heavy atom. The minimum Gasteiger partial charge on any atom is -0.313 e. The minimum atomic E-state index is 0.326. The van der Waals surface area contributed by atoms with Crippen LogP contribution in [0, 0.1) is 17.2 Å². The molecule has 0 aromatic heterocycles. The van der Waals surface area contributed by atoms with Crippen LogP contribution < -0.4 is 0 Å². The Hall–Kier alpha value is -0.0400. The number of nitrogens with one attached hydrogen (secondary N) is 1. The van der Waals surface area contributed by atoms with Crippen LogP contribution in [0.25, 0.3) is 0 Å².